The SMILES string of the molecule is N#CCCn1nc(-c2ccccc2)cc1C(=O)NN=Cc1ccncc1. The van der Waals surface area contributed by atoms with Gasteiger partial charge in [0.1, 0.15) is 5.69 Å². The number of hydrazone groups is 1. The van der Waals surface area contributed by atoms with Crippen LogP contribution in [0.3, 0.4) is 0 Å². The predicted molar refractivity (Wildman–Crippen MR) is 97.2 cm³/mol. The molecule has 0 saturated carbocycles. The van der Waals surface area contributed by atoms with Crippen molar-refractivity contribution in [2.24, 2.45) is 5.10 Å². The number of hydrogen-bond donors (Lipinski definition) is 1. The van der Waals surface area contributed by atoms with Gasteiger partial charge in [0, 0.05) is 18.0 Å². The molecule has 0 saturated heterocycles. The number of benzene rings is 1. The zero-order chi connectivity index (χ0) is 18.2. The molecule has 1 aromatic carbocycles. The van der Waals surface area contributed by atoms with E-state index in [2.05, 4.69) is 26.7 Å². The van der Waals surface area contributed by atoms with Gasteiger partial charge >= 0.3 is 0 Å². The van der Waals surface area contributed by atoms with Crippen molar-refractivity contribution in [1.29, 1.82) is 5.26 Å². The second-order valence-corrected chi connectivity index (χ2v) is 5.39. The van der Waals surface area contributed by atoms with Crippen molar-refractivity contribution in [3.63, 3.8) is 0 Å². The largest absolute Gasteiger partial charge is 0.289 e. The van der Waals surface area contributed by atoms with E-state index in [-0.39, 0.29) is 12.3 Å². The highest BCUT2D eigenvalue weighted by molar-refractivity contribution is 5.94. The van der Waals surface area contributed by atoms with E-state index in [1.165, 1.54) is 10.9 Å². The van der Waals surface area contributed by atoms with E-state index in [1.807, 2.05) is 30.3 Å². The second kappa shape index (κ2) is 8.35. The third-order valence-corrected chi connectivity index (χ3v) is 3.60. The van der Waals surface area contributed by atoms with Crippen LogP contribution >= 0.6 is 0 Å². The lowest BCUT2D eigenvalue weighted by molar-refractivity contribution is 0.0944. The maximum absolute atomic E-state index is 12.5. The Balaban J connectivity index is 1.80. The Kier molecular flexibility index (Phi) is 5.47. The molecule has 1 amide bonds. The highest BCUT2D eigenvalue weighted by Crippen LogP contribution is 2.19. The van der Waals surface area contributed by atoms with E-state index in [4.69, 9.17) is 5.26 Å². The molecule has 7 heteroatoms. The van der Waals surface area contributed by atoms with Crippen LogP contribution in [0.5, 0.6) is 0 Å². The fraction of sp³-hybridized carbons (Fsp3) is 0.105. The molecule has 3 aromatic rings. The fourth-order valence-electron chi connectivity index (χ4n) is 2.35. The van der Waals surface area contributed by atoms with E-state index in [0.29, 0.717) is 17.9 Å². The molecule has 2 aromatic heterocycles. The van der Waals surface area contributed by atoms with Gasteiger partial charge in [-0.1, -0.05) is 30.3 Å². The Morgan fingerprint density at radius 3 is 2.73 bits per heavy atom. The summed E-state index contributed by atoms with van der Waals surface area (Å²) in [5, 5.41) is 17.2. The Morgan fingerprint density at radius 2 is 2.00 bits per heavy atom. The van der Waals surface area contributed by atoms with Gasteiger partial charge in [-0.25, -0.2) is 5.43 Å². The van der Waals surface area contributed by atoms with Crippen LogP contribution in [0, 0.1) is 11.3 Å². The minimum absolute atomic E-state index is 0.260. The summed E-state index contributed by atoms with van der Waals surface area (Å²) in [4.78, 5) is 16.4. The number of aromatic nitrogens is 3. The molecule has 7 nitrogen and oxygen atoms in total. The van der Waals surface area contributed by atoms with E-state index in [0.717, 1.165) is 11.1 Å². The first-order valence-corrected chi connectivity index (χ1v) is 8.01. The summed E-state index contributed by atoms with van der Waals surface area (Å²) in [5.74, 6) is -0.386. The van der Waals surface area contributed by atoms with Crippen LogP contribution in [-0.2, 0) is 6.54 Å². The average Bonchev–Trinajstić information content (AvgIpc) is 3.12. The lowest BCUT2D eigenvalue weighted by Crippen LogP contribution is -2.22. The number of aryl methyl sites for hydroxylation is 1. The molecule has 1 N–H and O–H groups in total. The molecular formula is C19H16N6O. The summed E-state index contributed by atoms with van der Waals surface area (Å²) in [7, 11) is 0. The molecule has 0 atom stereocenters. The van der Waals surface area contributed by atoms with Gasteiger partial charge in [-0.2, -0.15) is 15.5 Å². The van der Waals surface area contributed by atoms with Gasteiger partial charge in [0.25, 0.3) is 5.91 Å². The van der Waals surface area contributed by atoms with Crippen LogP contribution in [0.2, 0.25) is 0 Å². The van der Waals surface area contributed by atoms with Crippen molar-refractivity contribution in [2.45, 2.75) is 13.0 Å². The van der Waals surface area contributed by atoms with Gasteiger partial charge < -0.3 is 0 Å². The third kappa shape index (κ3) is 4.19. The van der Waals surface area contributed by atoms with Gasteiger partial charge in [0.2, 0.25) is 0 Å². The van der Waals surface area contributed by atoms with Gasteiger partial charge in [-0.05, 0) is 23.8 Å². The molecule has 3 rings (SSSR count). The van der Waals surface area contributed by atoms with Crippen molar-refractivity contribution < 1.29 is 4.79 Å². The first-order valence-electron chi connectivity index (χ1n) is 8.01. The van der Waals surface area contributed by atoms with E-state index >= 15 is 0 Å². The monoisotopic (exact) mass is 344 g/mol. The molecule has 2 heterocycles. The number of carbonyl (C=O) groups excluding carboxylic acids is 1. The maximum atomic E-state index is 12.5. The van der Waals surface area contributed by atoms with Crippen molar-refractivity contribution in [2.75, 3.05) is 0 Å². The molecular weight excluding hydrogens is 328 g/mol. The maximum Gasteiger partial charge on any atom is 0.289 e. The van der Waals surface area contributed by atoms with Crippen molar-refractivity contribution in [1.82, 2.24) is 20.2 Å². The molecule has 0 aliphatic rings. The topological polar surface area (TPSA) is 96.0 Å². The first kappa shape index (κ1) is 17.0. The standard InChI is InChI=1S/C19H16N6O/c20-9-4-12-25-18(13-17(24-25)16-5-2-1-3-6-16)19(26)23-22-14-15-7-10-21-11-8-15/h1-3,5-8,10-11,13-14H,4,12H2,(H,23,26). The molecule has 128 valence electrons. The molecule has 0 spiro atoms. The van der Waals surface area contributed by atoms with Crippen LogP contribution < -0.4 is 5.43 Å². The van der Waals surface area contributed by atoms with Gasteiger partial charge in [0.15, 0.2) is 0 Å². The smallest absolute Gasteiger partial charge is 0.266 e. The molecule has 0 unspecified atom stereocenters. The number of amides is 1. The van der Waals surface area contributed by atoms with Crippen molar-refractivity contribution >= 4 is 12.1 Å². The van der Waals surface area contributed by atoms with Crippen LogP contribution in [0.1, 0.15) is 22.5 Å². The number of hydrogen-bond acceptors (Lipinski definition) is 5. The average molecular weight is 344 g/mol. The zero-order valence-corrected chi connectivity index (χ0v) is 13.9. The second-order valence-electron chi connectivity index (χ2n) is 5.39. The zero-order valence-electron chi connectivity index (χ0n) is 13.9. The molecule has 0 aliphatic carbocycles. The van der Waals surface area contributed by atoms with E-state index < -0.39 is 0 Å². The first-order chi connectivity index (χ1) is 12.8. The highest BCUT2D eigenvalue weighted by Gasteiger charge is 2.15. The molecule has 0 bridgehead atoms. The summed E-state index contributed by atoms with van der Waals surface area (Å²) in [6.45, 7) is 0.333. The summed E-state index contributed by atoms with van der Waals surface area (Å²) >= 11 is 0. The van der Waals surface area contributed by atoms with Crippen LogP contribution in [0.4, 0.5) is 0 Å². The van der Waals surface area contributed by atoms with E-state index in [1.54, 1.807) is 30.6 Å². The Bertz CT molecular complexity index is 941. The number of nitrogens with zero attached hydrogens (tertiary/aromatic N) is 5. The fourth-order valence-corrected chi connectivity index (χ4v) is 2.35. The van der Waals surface area contributed by atoms with Gasteiger partial charge in [-0.3, -0.25) is 14.5 Å². The van der Waals surface area contributed by atoms with Crippen molar-refractivity contribution in [3.8, 4) is 17.3 Å². The normalized spacial score (nSPS) is 10.6. The lowest BCUT2D eigenvalue weighted by atomic mass is 10.1. The van der Waals surface area contributed by atoms with E-state index in [9.17, 15) is 4.79 Å². The van der Waals surface area contributed by atoms with Crippen LogP contribution in [0.15, 0.2) is 66.0 Å². The quantitative estimate of drug-likeness (QED) is 0.549. The number of rotatable bonds is 6. The number of nitriles is 1. The minimum Gasteiger partial charge on any atom is -0.266 e. The number of pyridine rings is 1. The summed E-state index contributed by atoms with van der Waals surface area (Å²) in [5.41, 5.74) is 5.24. The number of carbonyl (C=O) groups is 1. The summed E-state index contributed by atoms with van der Waals surface area (Å²) in [6.07, 6.45) is 5.09. The minimum atomic E-state index is -0.386. The Labute approximate surface area is 150 Å². The number of nitrogens with one attached hydrogen (secondary N) is 1. The van der Waals surface area contributed by atoms with Gasteiger partial charge in [0.05, 0.1) is 30.9 Å². The lowest BCUT2D eigenvalue weighted by Gasteiger charge is -2.03. The van der Waals surface area contributed by atoms with Crippen LogP contribution in [-0.4, -0.2) is 26.9 Å². The Morgan fingerprint density at radius 1 is 1.23 bits per heavy atom. The van der Waals surface area contributed by atoms with Crippen LogP contribution in [0.25, 0.3) is 11.3 Å². The van der Waals surface area contributed by atoms with Crippen molar-refractivity contribution in [3.05, 3.63) is 72.2 Å². The molecule has 0 fully saturated rings. The summed E-state index contributed by atoms with van der Waals surface area (Å²) < 4.78 is 1.53. The third-order valence-electron chi connectivity index (χ3n) is 3.60. The Hall–Kier alpha value is -3.79. The molecule has 0 radical (unpaired) electrons. The van der Waals surface area contributed by atoms with Gasteiger partial charge in [-0.15, -0.1) is 0 Å². The molecule has 0 aliphatic heterocycles. The highest BCUT2D eigenvalue weighted by atomic mass is 16.2. The molecule has 26 heavy (non-hydrogen) atoms. The summed E-state index contributed by atoms with van der Waals surface area (Å²) in [6, 6.07) is 16.9. The predicted octanol–water partition coefficient (Wildman–Crippen LogP) is 2.62.